The van der Waals surface area contributed by atoms with E-state index in [9.17, 15) is 0 Å². The van der Waals surface area contributed by atoms with E-state index in [4.69, 9.17) is 0 Å². The van der Waals surface area contributed by atoms with E-state index in [1.54, 1.807) is 0 Å². The topological polar surface area (TPSA) is 64.5 Å². The molecule has 70 heavy (non-hydrogen) atoms. The summed E-state index contributed by atoms with van der Waals surface area (Å²) in [6.45, 7) is 33.2. The molecule has 0 aliphatic rings. The van der Waals surface area contributed by atoms with Gasteiger partial charge in [-0.1, -0.05) is 195 Å². The van der Waals surface area contributed by atoms with Crippen LogP contribution in [-0.2, 0) is 27.1 Å². The van der Waals surface area contributed by atoms with Crippen LogP contribution in [0.5, 0.6) is 0 Å². The standard InChI is InChI=1S/5C13H15N/c1-13(2,3)12-5-4-11-9-14-7-6-10(11)8-12;1-13(2,3)11-6-7-12-10(9-11)5-4-8-14-12;1-13(2,3)11-7-6-10-5-4-8-14-12(10)9-11;1-13(2,3)11-8-10-6-4-5-7-12(10)14-9-11;1-13(2,3)12-9-8-10-6-4-5-7-11(10)14-12/h5*4-9H,1-3H3. The van der Waals surface area contributed by atoms with Gasteiger partial charge in [-0.2, -0.15) is 0 Å². The monoisotopic (exact) mass is 926 g/mol. The molecule has 10 rings (SSSR count). The third-order valence-electron chi connectivity index (χ3n) is 12.3. The van der Waals surface area contributed by atoms with Crippen LogP contribution >= 0.6 is 0 Å². The van der Waals surface area contributed by atoms with Gasteiger partial charge in [0.2, 0.25) is 0 Å². The van der Waals surface area contributed by atoms with Gasteiger partial charge in [-0.05, 0) is 110 Å². The van der Waals surface area contributed by atoms with Crippen molar-refractivity contribution >= 4 is 54.4 Å². The van der Waals surface area contributed by atoms with Crippen LogP contribution < -0.4 is 0 Å². The lowest BCUT2D eigenvalue weighted by molar-refractivity contribution is 0.571. The minimum atomic E-state index is 0.129. The molecule has 5 heteroatoms. The van der Waals surface area contributed by atoms with Crippen molar-refractivity contribution in [1.82, 2.24) is 24.9 Å². The molecule has 5 aromatic carbocycles. The Morgan fingerprint density at radius 1 is 0.271 bits per heavy atom. The number of para-hydroxylation sites is 2. The predicted molar refractivity (Wildman–Crippen MR) is 302 cm³/mol. The fourth-order valence-electron chi connectivity index (χ4n) is 7.59. The first-order chi connectivity index (χ1) is 32.9. The Morgan fingerprint density at radius 3 is 1.33 bits per heavy atom. The van der Waals surface area contributed by atoms with Crippen molar-refractivity contribution in [3.05, 3.63) is 211 Å². The summed E-state index contributed by atoms with van der Waals surface area (Å²) in [7, 11) is 0. The summed E-state index contributed by atoms with van der Waals surface area (Å²) in [5.41, 5.74) is 11.8. The molecule has 5 aromatic heterocycles. The Labute approximate surface area is 418 Å². The first-order valence-electron chi connectivity index (χ1n) is 24.6. The number of rotatable bonds is 0. The van der Waals surface area contributed by atoms with E-state index < -0.39 is 0 Å². The zero-order valence-electron chi connectivity index (χ0n) is 44.6. The number of aromatic nitrogens is 5. The second-order valence-corrected chi connectivity index (χ2v) is 23.3. The average Bonchev–Trinajstić information content (AvgIpc) is 3.32. The number of nitrogens with zero attached hydrogens (tertiary/aromatic N) is 5. The molecule has 0 unspecified atom stereocenters. The Bertz CT molecular complexity index is 2780. The fraction of sp³-hybridized carbons (Fsp3) is 0.308. The van der Waals surface area contributed by atoms with Crippen molar-refractivity contribution < 1.29 is 0 Å². The van der Waals surface area contributed by atoms with E-state index in [0.29, 0.717) is 0 Å². The lowest BCUT2D eigenvalue weighted by atomic mass is 9.86. The quantitative estimate of drug-likeness (QED) is 0.152. The predicted octanol–water partition coefficient (Wildman–Crippen LogP) is 17.7. The summed E-state index contributed by atoms with van der Waals surface area (Å²) in [5.74, 6) is 0. The largest absolute Gasteiger partial charge is 0.264 e. The van der Waals surface area contributed by atoms with Crippen molar-refractivity contribution in [3.63, 3.8) is 0 Å². The molecule has 0 saturated carbocycles. The van der Waals surface area contributed by atoms with Crippen molar-refractivity contribution in [2.45, 2.75) is 131 Å². The molecule has 0 aliphatic heterocycles. The maximum Gasteiger partial charge on any atom is 0.0705 e. The second kappa shape index (κ2) is 21.8. The van der Waals surface area contributed by atoms with Gasteiger partial charge in [0.15, 0.2) is 0 Å². The number of pyridine rings is 5. The van der Waals surface area contributed by atoms with Crippen LogP contribution in [0.25, 0.3) is 54.4 Å². The number of fused-ring (bicyclic) bond motifs is 5. The van der Waals surface area contributed by atoms with Crippen molar-refractivity contribution in [1.29, 1.82) is 0 Å². The second-order valence-electron chi connectivity index (χ2n) is 23.3. The summed E-state index contributed by atoms with van der Waals surface area (Å²) < 4.78 is 0. The third kappa shape index (κ3) is 14.6. The molecular formula is C65H75N5. The SMILES string of the molecule is CC(C)(C)c1ccc2ccccc2n1.CC(C)(C)c1ccc2cccnc2c1.CC(C)(C)c1ccc2cnccc2c1.CC(C)(C)c1ccc2ncccc2c1.CC(C)(C)c1cnc2ccccc2c1. The Kier molecular flexibility index (Phi) is 16.4. The average molecular weight is 926 g/mol. The Hall–Kier alpha value is -6.85. The van der Waals surface area contributed by atoms with E-state index in [0.717, 1.165) is 27.8 Å². The van der Waals surface area contributed by atoms with Crippen molar-refractivity contribution in [2.75, 3.05) is 0 Å². The maximum absolute atomic E-state index is 4.65. The smallest absolute Gasteiger partial charge is 0.0705 e. The molecule has 0 bridgehead atoms. The lowest BCUT2D eigenvalue weighted by Crippen LogP contribution is -2.13. The first-order valence-corrected chi connectivity index (χ1v) is 24.6. The van der Waals surface area contributed by atoms with E-state index in [1.807, 2.05) is 67.4 Å². The molecular weight excluding hydrogens is 851 g/mol. The number of hydrogen-bond donors (Lipinski definition) is 0. The third-order valence-corrected chi connectivity index (χ3v) is 12.3. The van der Waals surface area contributed by atoms with Gasteiger partial charge in [-0.3, -0.25) is 24.9 Å². The summed E-state index contributed by atoms with van der Waals surface area (Å²) >= 11 is 0. The normalized spacial score (nSPS) is 11.9. The molecule has 360 valence electrons. The summed E-state index contributed by atoms with van der Waals surface area (Å²) in [6, 6.07) is 52.7. The Morgan fingerprint density at radius 2 is 0.714 bits per heavy atom. The van der Waals surface area contributed by atoms with Crippen molar-refractivity contribution in [3.8, 4) is 0 Å². The van der Waals surface area contributed by atoms with Gasteiger partial charge in [0.05, 0.1) is 22.1 Å². The number of hydrogen-bond acceptors (Lipinski definition) is 5. The zero-order valence-corrected chi connectivity index (χ0v) is 44.6. The fourth-order valence-corrected chi connectivity index (χ4v) is 7.59. The molecule has 0 N–H and O–H groups in total. The van der Waals surface area contributed by atoms with Crippen LogP contribution in [0.4, 0.5) is 0 Å². The molecule has 0 saturated heterocycles. The van der Waals surface area contributed by atoms with Crippen molar-refractivity contribution in [2.24, 2.45) is 0 Å². The van der Waals surface area contributed by atoms with Gasteiger partial charge in [-0.25, -0.2) is 0 Å². The highest BCUT2D eigenvalue weighted by atomic mass is 14.7. The zero-order chi connectivity index (χ0) is 50.9. The van der Waals surface area contributed by atoms with Gasteiger partial charge >= 0.3 is 0 Å². The highest BCUT2D eigenvalue weighted by Gasteiger charge is 2.17. The highest BCUT2D eigenvalue weighted by Crippen LogP contribution is 2.29. The molecule has 5 nitrogen and oxygen atoms in total. The van der Waals surface area contributed by atoms with Gasteiger partial charge < -0.3 is 0 Å². The molecule has 0 spiro atoms. The molecule has 10 aromatic rings. The summed E-state index contributed by atoms with van der Waals surface area (Å²) in [6.07, 6.45) is 9.40. The number of benzene rings is 5. The lowest BCUT2D eigenvalue weighted by Gasteiger charge is -2.19. The van der Waals surface area contributed by atoms with Crippen LogP contribution in [0, 0.1) is 0 Å². The van der Waals surface area contributed by atoms with E-state index in [1.165, 1.54) is 54.6 Å². The van der Waals surface area contributed by atoms with E-state index >= 15 is 0 Å². The van der Waals surface area contributed by atoms with Gasteiger partial charge in [0, 0.05) is 69.0 Å². The van der Waals surface area contributed by atoms with Crippen LogP contribution in [0.15, 0.2) is 183 Å². The van der Waals surface area contributed by atoms with E-state index in [2.05, 4.69) is 244 Å². The Balaban J connectivity index is 0.000000143. The van der Waals surface area contributed by atoms with Crippen LogP contribution in [0.3, 0.4) is 0 Å². The molecule has 0 fully saturated rings. The van der Waals surface area contributed by atoms with Gasteiger partial charge in [-0.15, -0.1) is 0 Å². The highest BCUT2D eigenvalue weighted by molar-refractivity contribution is 5.83. The van der Waals surface area contributed by atoms with E-state index in [-0.39, 0.29) is 27.1 Å². The van der Waals surface area contributed by atoms with Crippen LogP contribution in [0.1, 0.15) is 132 Å². The minimum Gasteiger partial charge on any atom is -0.264 e. The summed E-state index contributed by atoms with van der Waals surface area (Å²) in [4.78, 5) is 21.9. The molecule has 0 radical (unpaired) electrons. The maximum atomic E-state index is 4.65. The summed E-state index contributed by atoms with van der Waals surface area (Å²) in [5, 5.41) is 7.34. The molecule has 0 amide bonds. The molecule has 0 aliphatic carbocycles. The molecule has 0 atom stereocenters. The van der Waals surface area contributed by atoms with Gasteiger partial charge in [0.1, 0.15) is 0 Å². The van der Waals surface area contributed by atoms with Crippen LogP contribution in [0.2, 0.25) is 0 Å². The first kappa shape index (κ1) is 52.5. The van der Waals surface area contributed by atoms with Gasteiger partial charge in [0.25, 0.3) is 0 Å². The van der Waals surface area contributed by atoms with Crippen LogP contribution in [-0.4, -0.2) is 24.9 Å². The molecule has 5 heterocycles. The minimum absolute atomic E-state index is 0.129.